The molecule has 21 heavy (non-hydrogen) atoms. The van der Waals surface area contributed by atoms with Gasteiger partial charge in [0.1, 0.15) is 0 Å². The van der Waals surface area contributed by atoms with Gasteiger partial charge in [0.2, 0.25) is 0 Å². The van der Waals surface area contributed by atoms with Gasteiger partial charge < -0.3 is 4.98 Å². The topological polar surface area (TPSA) is 32.9 Å². The van der Waals surface area contributed by atoms with Gasteiger partial charge in [0.15, 0.2) is 0 Å². The van der Waals surface area contributed by atoms with Gasteiger partial charge >= 0.3 is 6.18 Å². The maximum absolute atomic E-state index is 13.1. The molecule has 0 bridgehead atoms. The zero-order chi connectivity index (χ0) is 15.6. The van der Waals surface area contributed by atoms with E-state index in [-0.39, 0.29) is 24.3 Å². The minimum atomic E-state index is -4.29. The van der Waals surface area contributed by atoms with Crippen LogP contribution >= 0.6 is 0 Å². The average molecular weight is 297 g/mol. The third-order valence-corrected chi connectivity index (χ3v) is 3.52. The number of para-hydroxylation sites is 1. The molecular weight excluding hydrogens is 279 g/mol. The van der Waals surface area contributed by atoms with E-state index in [9.17, 15) is 18.0 Å². The predicted molar refractivity (Wildman–Crippen MR) is 77.3 cm³/mol. The van der Waals surface area contributed by atoms with Crippen LogP contribution in [0.25, 0.3) is 10.9 Å². The number of nitrogens with one attached hydrogen (secondary N) is 1. The normalized spacial score (nSPS) is 13.8. The van der Waals surface area contributed by atoms with Gasteiger partial charge in [-0.3, -0.25) is 4.79 Å². The quantitative estimate of drug-likeness (QED) is 0.897. The fourth-order valence-corrected chi connectivity index (χ4v) is 2.51. The monoisotopic (exact) mass is 297 g/mol. The minimum Gasteiger partial charge on any atom is -0.322 e. The number of rotatable bonds is 4. The number of pyridine rings is 1. The second-order valence-corrected chi connectivity index (χ2v) is 5.78. The van der Waals surface area contributed by atoms with E-state index < -0.39 is 17.7 Å². The smallest absolute Gasteiger partial charge is 0.322 e. The summed E-state index contributed by atoms with van der Waals surface area (Å²) in [6.45, 7) is 3.51. The van der Waals surface area contributed by atoms with Crippen LogP contribution in [0.2, 0.25) is 0 Å². The second kappa shape index (κ2) is 5.92. The Balaban J connectivity index is 2.36. The van der Waals surface area contributed by atoms with Gasteiger partial charge in [-0.2, -0.15) is 13.2 Å². The molecule has 1 aromatic heterocycles. The lowest BCUT2D eigenvalue weighted by molar-refractivity contribution is -0.178. The molecule has 114 valence electrons. The molecule has 0 aliphatic rings. The number of hydrogen-bond donors (Lipinski definition) is 1. The Bertz CT molecular complexity index is 673. The van der Waals surface area contributed by atoms with Crippen molar-refractivity contribution in [2.24, 2.45) is 11.8 Å². The summed E-state index contributed by atoms with van der Waals surface area (Å²) in [7, 11) is 0. The van der Waals surface area contributed by atoms with E-state index in [0.29, 0.717) is 5.52 Å². The summed E-state index contributed by atoms with van der Waals surface area (Å²) in [4.78, 5) is 14.6. The number of alkyl halides is 3. The Morgan fingerprint density at radius 3 is 2.48 bits per heavy atom. The van der Waals surface area contributed by atoms with E-state index in [2.05, 4.69) is 4.98 Å². The summed E-state index contributed by atoms with van der Waals surface area (Å²) in [5, 5.41) is 0.748. The summed E-state index contributed by atoms with van der Waals surface area (Å²) in [5.41, 5.74) is 0.391. The third kappa shape index (κ3) is 3.86. The van der Waals surface area contributed by atoms with Crippen molar-refractivity contribution < 1.29 is 13.2 Å². The fourth-order valence-electron chi connectivity index (χ4n) is 2.51. The third-order valence-electron chi connectivity index (χ3n) is 3.52. The van der Waals surface area contributed by atoms with Gasteiger partial charge in [-0.1, -0.05) is 32.0 Å². The number of halogens is 3. The standard InChI is InChI=1S/C16H18F3NO/c1-10(2)7-13(16(17,18)19)9-12-8-11-5-3-4-6-14(11)20-15(12)21/h3-6,8,10,13H,7,9H2,1-2H3,(H,20,21). The summed E-state index contributed by atoms with van der Waals surface area (Å²) >= 11 is 0. The molecule has 0 spiro atoms. The van der Waals surface area contributed by atoms with Crippen LogP contribution in [-0.2, 0) is 6.42 Å². The Labute approximate surface area is 121 Å². The molecule has 0 saturated heterocycles. The zero-order valence-electron chi connectivity index (χ0n) is 12.0. The molecule has 0 radical (unpaired) electrons. The van der Waals surface area contributed by atoms with E-state index in [0.717, 1.165) is 5.39 Å². The molecule has 0 aliphatic heterocycles. The van der Waals surface area contributed by atoms with Gasteiger partial charge in [-0.05, 0) is 36.3 Å². The highest BCUT2D eigenvalue weighted by Gasteiger charge is 2.39. The number of hydrogen-bond acceptors (Lipinski definition) is 1. The van der Waals surface area contributed by atoms with Crippen LogP contribution in [0.15, 0.2) is 35.1 Å². The highest BCUT2D eigenvalue weighted by atomic mass is 19.4. The highest BCUT2D eigenvalue weighted by molar-refractivity contribution is 5.78. The highest BCUT2D eigenvalue weighted by Crippen LogP contribution is 2.33. The molecule has 1 unspecified atom stereocenters. The van der Waals surface area contributed by atoms with Crippen molar-refractivity contribution >= 4 is 10.9 Å². The van der Waals surface area contributed by atoms with Crippen molar-refractivity contribution in [3.05, 3.63) is 46.2 Å². The van der Waals surface area contributed by atoms with Gasteiger partial charge in [-0.15, -0.1) is 0 Å². The number of fused-ring (bicyclic) bond motifs is 1. The molecule has 2 nitrogen and oxygen atoms in total. The molecule has 0 saturated carbocycles. The summed E-state index contributed by atoms with van der Waals surface area (Å²) in [6.07, 6.45) is -4.54. The molecule has 1 N–H and O–H groups in total. The van der Waals surface area contributed by atoms with Crippen molar-refractivity contribution in [2.75, 3.05) is 0 Å². The van der Waals surface area contributed by atoms with Crippen molar-refractivity contribution in [3.8, 4) is 0 Å². The number of benzene rings is 1. The number of aromatic nitrogens is 1. The van der Waals surface area contributed by atoms with Crippen LogP contribution in [0.1, 0.15) is 25.8 Å². The van der Waals surface area contributed by atoms with Gasteiger partial charge in [0.25, 0.3) is 5.56 Å². The summed E-state index contributed by atoms with van der Waals surface area (Å²) in [6, 6.07) is 8.64. The largest absolute Gasteiger partial charge is 0.392 e. The minimum absolute atomic E-state index is 0.0236. The van der Waals surface area contributed by atoms with Crippen LogP contribution in [0.4, 0.5) is 13.2 Å². The molecular formula is C16H18F3NO. The first kappa shape index (κ1) is 15.6. The van der Waals surface area contributed by atoms with Crippen LogP contribution in [-0.4, -0.2) is 11.2 Å². The van der Waals surface area contributed by atoms with Gasteiger partial charge in [0, 0.05) is 11.1 Å². The summed E-state index contributed by atoms with van der Waals surface area (Å²) in [5.74, 6) is -1.56. The lowest BCUT2D eigenvalue weighted by Gasteiger charge is -2.21. The molecule has 2 rings (SSSR count). The first-order valence-electron chi connectivity index (χ1n) is 6.95. The van der Waals surface area contributed by atoms with Crippen molar-refractivity contribution in [1.82, 2.24) is 4.98 Å². The molecule has 0 aliphatic carbocycles. The lowest BCUT2D eigenvalue weighted by atomic mass is 9.90. The molecule has 0 amide bonds. The Hall–Kier alpha value is -1.78. The second-order valence-electron chi connectivity index (χ2n) is 5.78. The predicted octanol–water partition coefficient (Wildman–Crippen LogP) is 4.30. The molecule has 1 heterocycles. The van der Waals surface area contributed by atoms with Crippen molar-refractivity contribution in [2.45, 2.75) is 32.9 Å². The molecule has 1 aromatic carbocycles. The number of aromatic amines is 1. The van der Waals surface area contributed by atoms with Gasteiger partial charge in [0.05, 0.1) is 5.92 Å². The van der Waals surface area contributed by atoms with E-state index in [4.69, 9.17) is 0 Å². The van der Waals surface area contributed by atoms with Crippen LogP contribution < -0.4 is 5.56 Å². The van der Waals surface area contributed by atoms with E-state index >= 15 is 0 Å². The molecule has 5 heteroatoms. The van der Waals surface area contributed by atoms with Crippen LogP contribution in [0, 0.1) is 11.8 Å². The maximum Gasteiger partial charge on any atom is 0.392 e. The fraction of sp³-hybridized carbons (Fsp3) is 0.438. The van der Waals surface area contributed by atoms with E-state index in [1.165, 1.54) is 0 Å². The Morgan fingerprint density at radius 1 is 1.19 bits per heavy atom. The average Bonchev–Trinajstić information content (AvgIpc) is 2.37. The van der Waals surface area contributed by atoms with Crippen LogP contribution in [0.5, 0.6) is 0 Å². The first-order valence-corrected chi connectivity index (χ1v) is 6.95. The maximum atomic E-state index is 13.1. The van der Waals surface area contributed by atoms with E-state index in [1.807, 2.05) is 0 Å². The lowest BCUT2D eigenvalue weighted by Crippen LogP contribution is -2.29. The Kier molecular flexibility index (Phi) is 4.40. The van der Waals surface area contributed by atoms with E-state index in [1.54, 1.807) is 44.2 Å². The first-order chi connectivity index (χ1) is 9.77. The zero-order valence-corrected chi connectivity index (χ0v) is 12.0. The van der Waals surface area contributed by atoms with Crippen molar-refractivity contribution in [3.63, 3.8) is 0 Å². The van der Waals surface area contributed by atoms with Crippen molar-refractivity contribution in [1.29, 1.82) is 0 Å². The van der Waals surface area contributed by atoms with Crippen LogP contribution in [0.3, 0.4) is 0 Å². The molecule has 2 aromatic rings. The molecule has 0 fully saturated rings. The Morgan fingerprint density at radius 2 is 1.86 bits per heavy atom. The van der Waals surface area contributed by atoms with Gasteiger partial charge in [-0.25, -0.2) is 0 Å². The SMILES string of the molecule is CC(C)CC(Cc1cc2ccccc2[nH]c1=O)C(F)(F)F. The molecule has 1 atom stereocenters. The number of H-pyrrole nitrogens is 1. The summed E-state index contributed by atoms with van der Waals surface area (Å²) < 4.78 is 39.3.